The van der Waals surface area contributed by atoms with Crippen molar-refractivity contribution < 1.29 is 4.74 Å². The van der Waals surface area contributed by atoms with Gasteiger partial charge in [-0.1, -0.05) is 54.6 Å². The van der Waals surface area contributed by atoms with Gasteiger partial charge in [0.1, 0.15) is 0 Å². The maximum Gasteiger partial charge on any atom is 0.0648 e. The number of piperidine rings is 1. The summed E-state index contributed by atoms with van der Waals surface area (Å²) in [6.45, 7) is 11.3. The molecule has 1 saturated carbocycles. The van der Waals surface area contributed by atoms with E-state index in [4.69, 9.17) is 27.9 Å². The van der Waals surface area contributed by atoms with Crippen LogP contribution < -0.4 is 0 Å². The zero-order valence-corrected chi connectivity index (χ0v) is 25.0. The Kier molecular flexibility index (Phi) is 10.7. The largest absolute Gasteiger partial charge is 0.374 e. The van der Waals surface area contributed by atoms with Gasteiger partial charge in [0.15, 0.2) is 0 Å². The fourth-order valence-electron chi connectivity index (χ4n) is 7.19. The van der Waals surface area contributed by atoms with Crippen LogP contribution in [0, 0.1) is 17.8 Å². The van der Waals surface area contributed by atoms with E-state index in [2.05, 4.69) is 39.3 Å². The molecule has 2 aromatic rings. The molecule has 3 atom stereocenters. The smallest absolute Gasteiger partial charge is 0.0648 e. The quantitative estimate of drug-likeness (QED) is 0.250. The topological polar surface area (TPSA) is 15.7 Å². The first-order chi connectivity index (χ1) is 18.6. The van der Waals surface area contributed by atoms with Crippen LogP contribution in [0.15, 0.2) is 47.7 Å². The third-order valence-corrected chi connectivity index (χ3v) is 10.6. The third kappa shape index (κ3) is 7.65. The van der Waals surface area contributed by atoms with E-state index in [-0.39, 0.29) is 0 Å². The van der Waals surface area contributed by atoms with Gasteiger partial charge in [-0.25, -0.2) is 0 Å². The molecule has 0 bridgehead atoms. The normalized spacial score (nSPS) is 25.1. The summed E-state index contributed by atoms with van der Waals surface area (Å²) in [5.41, 5.74) is 2.68. The van der Waals surface area contributed by atoms with Gasteiger partial charge in [-0.05, 0) is 103 Å². The lowest BCUT2D eigenvalue weighted by Gasteiger charge is -2.37. The predicted molar refractivity (Wildman–Crippen MR) is 163 cm³/mol. The molecule has 0 spiro atoms. The van der Waals surface area contributed by atoms with Gasteiger partial charge in [0.2, 0.25) is 0 Å². The maximum atomic E-state index is 6.53. The second kappa shape index (κ2) is 14.1. The van der Waals surface area contributed by atoms with Crippen LogP contribution in [0.3, 0.4) is 0 Å². The van der Waals surface area contributed by atoms with Gasteiger partial charge in [0.05, 0.1) is 12.7 Å². The molecule has 0 radical (unpaired) electrons. The molecule has 3 unspecified atom stereocenters. The number of thiophene rings is 1. The van der Waals surface area contributed by atoms with Crippen LogP contribution in [0.5, 0.6) is 0 Å². The zero-order valence-electron chi connectivity index (χ0n) is 22.7. The van der Waals surface area contributed by atoms with E-state index in [1.807, 2.05) is 29.5 Å². The molecule has 0 N–H and O–H groups in total. The van der Waals surface area contributed by atoms with Crippen molar-refractivity contribution in [3.63, 3.8) is 0 Å². The Morgan fingerprint density at radius 1 is 1.03 bits per heavy atom. The van der Waals surface area contributed by atoms with Crippen molar-refractivity contribution in [2.75, 3.05) is 39.3 Å². The van der Waals surface area contributed by atoms with Crippen LogP contribution >= 0.6 is 34.5 Å². The van der Waals surface area contributed by atoms with E-state index in [0.717, 1.165) is 36.5 Å². The van der Waals surface area contributed by atoms with Gasteiger partial charge < -0.3 is 9.64 Å². The third-order valence-electron chi connectivity index (χ3n) is 9.27. The molecule has 38 heavy (non-hydrogen) atoms. The zero-order chi connectivity index (χ0) is 26.3. The Balaban J connectivity index is 1.16. The second-order valence-corrected chi connectivity index (χ2v) is 13.5. The Labute approximate surface area is 244 Å². The van der Waals surface area contributed by atoms with Crippen LogP contribution in [-0.2, 0) is 11.3 Å². The summed E-state index contributed by atoms with van der Waals surface area (Å²) in [5.74, 6) is 2.79. The minimum absolute atomic E-state index is 0.427. The first-order valence-electron chi connectivity index (χ1n) is 14.7. The first-order valence-corrected chi connectivity index (χ1v) is 16.4. The molecule has 5 rings (SSSR count). The highest BCUT2D eigenvalue weighted by molar-refractivity contribution is 7.08. The number of hydrogen-bond donors (Lipinski definition) is 0. The van der Waals surface area contributed by atoms with E-state index in [9.17, 15) is 0 Å². The minimum atomic E-state index is 0.427. The van der Waals surface area contributed by atoms with Gasteiger partial charge in [-0.2, -0.15) is 11.3 Å². The summed E-state index contributed by atoms with van der Waals surface area (Å²) >= 11 is 14.5. The number of ether oxygens (including phenoxy) is 1. The van der Waals surface area contributed by atoms with Gasteiger partial charge in [-0.3, -0.25) is 4.90 Å². The maximum absolute atomic E-state index is 6.53. The van der Waals surface area contributed by atoms with Gasteiger partial charge >= 0.3 is 0 Å². The Morgan fingerprint density at radius 2 is 1.84 bits per heavy atom. The van der Waals surface area contributed by atoms with E-state index < -0.39 is 0 Å². The van der Waals surface area contributed by atoms with Crippen molar-refractivity contribution in [1.29, 1.82) is 0 Å². The Bertz CT molecular complexity index is 1000. The van der Waals surface area contributed by atoms with Crippen molar-refractivity contribution in [2.24, 2.45) is 17.8 Å². The molecule has 2 aliphatic heterocycles. The Morgan fingerprint density at radius 3 is 2.55 bits per heavy atom. The average molecular weight is 576 g/mol. The summed E-state index contributed by atoms with van der Waals surface area (Å²) < 4.78 is 6.35. The number of halogens is 2. The highest BCUT2D eigenvalue weighted by Crippen LogP contribution is 2.38. The molecule has 3 aliphatic rings. The highest BCUT2D eigenvalue weighted by atomic mass is 35.5. The van der Waals surface area contributed by atoms with Gasteiger partial charge in [-0.15, -0.1) is 6.58 Å². The second-order valence-electron chi connectivity index (χ2n) is 11.9. The van der Waals surface area contributed by atoms with E-state index in [0.29, 0.717) is 29.6 Å². The van der Waals surface area contributed by atoms with E-state index in [1.54, 1.807) is 0 Å². The van der Waals surface area contributed by atoms with Crippen molar-refractivity contribution in [1.82, 2.24) is 9.80 Å². The Hall–Kier alpha value is -0.880. The molecule has 0 amide bonds. The van der Waals surface area contributed by atoms with E-state index in [1.165, 1.54) is 82.1 Å². The number of nitrogens with zero attached hydrogens (tertiary/aromatic N) is 2. The summed E-state index contributed by atoms with van der Waals surface area (Å²) in [7, 11) is 0. The average Bonchev–Trinajstić information content (AvgIpc) is 3.60. The molecular formula is C32H44Cl2N2OS. The number of likely N-dealkylation sites (tertiary alicyclic amines) is 2. The predicted octanol–water partition coefficient (Wildman–Crippen LogP) is 8.52. The molecule has 1 aromatic carbocycles. The summed E-state index contributed by atoms with van der Waals surface area (Å²) in [4.78, 5) is 5.35. The fraction of sp³-hybridized carbons (Fsp3) is 0.625. The van der Waals surface area contributed by atoms with E-state index >= 15 is 0 Å². The lowest BCUT2D eigenvalue weighted by Crippen LogP contribution is -2.40. The molecular weight excluding hydrogens is 531 g/mol. The summed E-state index contributed by atoms with van der Waals surface area (Å²) in [6, 6.07) is 8.25. The molecule has 1 aromatic heterocycles. The van der Waals surface area contributed by atoms with Gasteiger partial charge in [0, 0.05) is 42.1 Å². The fourth-order valence-corrected chi connectivity index (χ4v) is 8.38. The van der Waals surface area contributed by atoms with Crippen LogP contribution in [0.25, 0.3) is 0 Å². The van der Waals surface area contributed by atoms with Crippen molar-refractivity contribution in [3.05, 3.63) is 68.9 Å². The highest BCUT2D eigenvalue weighted by Gasteiger charge is 2.36. The lowest BCUT2D eigenvalue weighted by atomic mass is 9.80. The molecule has 208 valence electrons. The monoisotopic (exact) mass is 574 g/mol. The molecule has 3 heterocycles. The summed E-state index contributed by atoms with van der Waals surface area (Å²) in [6.07, 6.45) is 13.1. The number of rotatable bonds is 11. The number of benzene rings is 1. The molecule has 6 heteroatoms. The van der Waals surface area contributed by atoms with Gasteiger partial charge in [0.25, 0.3) is 0 Å². The molecule has 2 saturated heterocycles. The summed E-state index contributed by atoms with van der Waals surface area (Å²) in [5, 5.41) is 6.07. The molecule has 3 fully saturated rings. The minimum Gasteiger partial charge on any atom is -0.374 e. The van der Waals surface area contributed by atoms with Crippen LogP contribution in [-0.4, -0.2) is 55.2 Å². The van der Waals surface area contributed by atoms with Crippen LogP contribution in [0.1, 0.15) is 68.4 Å². The first kappa shape index (κ1) is 28.6. The van der Waals surface area contributed by atoms with Crippen molar-refractivity contribution in [2.45, 2.75) is 69.9 Å². The van der Waals surface area contributed by atoms with Crippen LogP contribution in [0.2, 0.25) is 10.0 Å². The lowest BCUT2D eigenvalue weighted by molar-refractivity contribution is -0.00766. The van der Waals surface area contributed by atoms with Crippen molar-refractivity contribution in [3.8, 4) is 0 Å². The van der Waals surface area contributed by atoms with Crippen molar-refractivity contribution >= 4 is 34.5 Å². The SMILES string of the molecule is C=CCOC(CC1CCN(CC2CN(Cc3ccc(Cl)cc3Cl)CC2c2ccsc2)CC1)C1CCCCC1. The molecule has 1 aliphatic carbocycles. The number of hydrogen-bond acceptors (Lipinski definition) is 4. The molecule has 3 nitrogen and oxygen atoms in total. The standard InChI is InChI=1S/C32H44Cl2N2OS/c1-2-15-37-32(25-6-4-3-5-7-25)17-24-10-13-35(14-11-24)20-28-21-36(22-30(28)27-12-16-38-23-27)19-26-8-9-29(33)18-31(26)34/h2,8-9,12,16,18,23-25,28,30,32H,1,3-7,10-11,13-15,17,19-22H2. The van der Waals surface area contributed by atoms with Crippen LogP contribution in [0.4, 0.5) is 0 Å².